The van der Waals surface area contributed by atoms with E-state index in [4.69, 9.17) is 0 Å². The number of amides is 1. The van der Waals surface area contributed by atoms with Crippen LogP contribution in [0.3, 0.4) is 0 Å². The minimum atomic E-state index is 0. The van der Waals surface area contributed by atoms with Crippen LogP contribution in [0.4, 0.5) is 0 Å². The lowest BCUT2D eigenvalue weighted by atomic mass is 9.91. The molecule has 0 aromatic rings. The number of nitrogens with one attached hydrogen (secondary N) is 1. The Labute approximate surface area is 231 Å². The Bertz CT molecular complexity index is 395. The van der Waals surface area contributed by atoms with Gasteiger partial charge in [-0.15, -0.1) is 0 Å². The molecule has 2 nitrogen and oxygen atoms in total. The fourth-order valence-electron chi connectivity index (χ4n) is 5.15. The molecule has 0 aromatic carbocycles. The van der Waals surface area contributed by atoms with Crippen molar-refractivity contribution in [3.05, 3.63) is 0 Å². The summed E-state index contributed by atoms with van der Waals surface area (Å²) in [4.78, 5) is 11.9. The third kappa shape index (κ3) is 31.5. The van der Waals surface area contributed by atoms with Crippen LogP contribution in [0.1, 0.15) is 196 Å². The van der Waals surface area contributed by atoms with E-state index in [0.29, 0.717) is 5.92 Å². The highest BCUT2D eigenvalue weighted by molar-refractivity contribution is 5.75. The van der Waals surface area contributed by atoms with Gasteiger partial charge < -0.3 is 5.32 Å². The first-order valence-electron chi connectivity index (χ1n) is 16.3. The van der Waals surface area contributed by atoms with Crippen molar-refractivity contribution in [2.75, 3.05) is 7.05 Å². The zero-order valence-corrected chi connectivity index (χ0v) is 25.5. The topological polar surface area (TPSA) is 29.1 Å². The van der Waals surface area contributed by atoms with Crippen LogP contribution in [0, 0.1) is 11.8 Å². The molecule has 36 heavy (non-hydrogen) atoms. The summed E-state index contributed by atoms with van der Waals surface area (Å²) >= 11 is 0. The molecule has 0 spiro atoms. The lowest BCUT2D eigenvalue weighted by Crippen LogP contribution is -2.21. The van der Waals surface area contributed by atoms with Gasteiger partial charge in [-0.25, -0.2) is 0 Å². The number of carbonyl (C=O) groups excluding carboxylic acids is 1. The summed E-state index contributed by atoms with van der Waals surface area (Å²) in [5, 5.41) is 2.84. The van der Waals surface area contributed by atoms with Crippen molar-refractivity contribution in [1.29, 1.82) is 0 Å². The van der Waals surface area contributed by atoms with Gasteiger partial charge in [0.05, 0.1) is 0 Å². The molecule has 0 radical (unpaired) electrons. The van der Waals surface area contributed by atoms with Gasteiger partial charge in [0.25, 0.3) is 0 Å². The summed E-state index contributed by atoms with van der Waals surface area (Å²) in [7, 11) is 1.78. The summed E-state index contributed by atoms with van der Waals surface area (Å²) in [6.07, 6.45) is 32.5. The molecule has 2 unspecified atom stereocenters. The minimum Gasteiger partial charge on any atom is -0.359 e. The van der Waals surface area contributed by atoms with E-state index in [0.717, 1.165) is 12.3 Å². The second-order valence-corrected chi connectivity index (χ2v) is 11.0. The molecule has 0 bridgehead atoms. The molecular weight excluding hydrogens is 438 g/mol. The Morgan fingerprint density at radius 1 is 0.556 bits per heavy atom. The maximum Gasteiger partial charge on any atom is 0.220 e. The molecule has 0 saturated carbocycles. The van der Waals surface area contributed by atoms with E-state index in [-0.39, 0.29) is 13.3 Å². The highest BCUT2D eigenvalue weighted by Crippen LogP contribution is 2.23. The van der Waals surface area contributed by atoms with Crippen LogP contribution in [-0.4, -0.2) is 13.0 Å². The Morgan fingerprint density at radius 2 is 0.861 bits per heavy atom. The second-order valence-electron chi connectivity index (χ2n) is 11.0. The number of carbonyl (C=O) groups is 1. The third-order valence-corrected chi connectivity index (χ3v) is 7.58. The first kappa shape index (κ1) is 40.0. The van der Waals surface area contributed by atoms with Crippen molar-refractivity contribution in [2.45, 2.75) is 196 Å². The van der Waals surface area contributed by atoms with Crippen LogP contribution in [0.25, 0.3) is 0 Å². The molecule has 0 rings (SSSR count). The maximum atomic E-state index is 11.9. The van der Waals surface area contributed by atoms with Gasteiger partial charge >= 0.3 is 0 Å². The zero-order valence-electron chi connectivity index (χ0n) is 25.5. The minimum absolute atomic E-state index is 0. The Kier molecular flexibility index (Phi) is 38.3. The van der Waals surface area contributed by atoms with E-state index in [1.807, 2.05) is 13.8 Å². The van der Waals surface area contributed by atoms with Gasteiger partial charge in [-0.05, 0) is 24.7 Å². The summed E-state index contributed by atoms with van der Waals surface area (Å²) in [6, 6.07) is 0. The molecule has 220 valence electrons. The highest BCUT2D eigenvalue weighted by atomic mass is 16.1. The molecule has 2 heteroatoms. The van der Waals surface area contributed by atoms with Crippen molar-refractivity contribution >= 4 is 5.91 Å². The van der Waals surface area contributed by atoms with Gasteiger partial charge in [0.2, 0.25) is 5.91 Å². The van der Waals surface area contributed by atoms with Crippen molar-refractivity contribution in [2.24, 2.45) is 11.8 Å². The lowest BCUT2D eigenvalue weighted by molar-refractivity contribution is -0.121. The predicted molar refractivity (Wildman–Crippen MR) is 167 cm³/mol. The second kappa shape index (κ2) is 34.5. The number of hydrogen-bond donors (Lipinski definition) is 1. The van der Waals surface area contributed by atoms with E-state index < -0.39 is 0 Å². The van der Waals surface area contributed by atoms with Gasteiger partial charge in [0.1, 0.15) is 0 Å². The van der Waals surface area contributed by atoms with Crippen LogP contribution in [0.5, 0.6) is 0 Å². The summed E-state index contributed by atoms with van der Waals surface area (Å²) in [6.45, 7) is 11.0. The van der Waals surface area contributed by atoms with E-state index >= 15 is 0 Å². The normalized spacial score (nSPS) is 12.3. The van der Waals surface area contributed by atoms with Crippen molar-refractivity contribution in [1.82, 2.24) is 5.32 Å². The van der Waals surface area contributed by atoms with Gasteiger partial charge in [-0.1, -0.05) is 177 Å². The summed E-state index contributed by atoms with van der Waals surface area (Å²) < 4.78 is 0. The molecule has 0 aliphatic heterocycles. The molecule has 0 aliphatic carbocycles. The van der Waals surface area contributed by atoms with Crippen LogP contribution in [0.15, 0.2) is 0 Å². The van der Waals surface area contributed by atoms with Crippen LogP contribution in [-0.2, 0) is 4.79 Å². The molecule has 1 N–H and O–H groups in total. The zero-order chi connectivity index (χ0) is 26.4. The maximum absolute atomic E-state index is 11.9. The van der Waals surface area contributed by atoms with Crippen molar-refractivity contribution in [3.63, 3.8) is 0 Å². The number of rotatable bonds is 26. The predicted octanol–water partition coefficient (Wildman–Crippen LogP) is 12.0. The Balaban J connectivity index is -0.00000353. The van der Waals surface area contributed by atoms with Crippen molar-refractivity contribution < 1.29 is 4.79 Å². The van der Waals surface area contributed by atoms with E-state index in [9.17, 15) is 4.79 Å². The molecule has 0 saturated heterocycles. The van der Waals surface area contributed by atoms with Crippen LogP contribution in [0.2, 0.25) is 0 Å². The molecular formula is C34H73NO. The molecule has 2 atom stereocenters. The summed E-state index contributed by atoms with van der Waals surface area (Å²) in [5.74, 6) is 1.75. The van der Waals surface area contributed by atoms with Crippen LogP contribution >= 0.6 is 0 Å². The number of hydrogen-bond acceptors (Lipinski definition) is 1. The van der Waals surface area contributed by atoms with Gasteiger partial charge in [-0.2, -0.15) is 0 Å². The first-order chi connectivity index (χ1) is 17.1. The molecule has 1 amide bonds. The third-order valence-electron chi connectivity index (χ3n) is 7.58. The van der Waals surface area contributed by atoms with E-state index in [2.05, 4.69) is 26.1 Å². The molecule has 0 aliphatic rings. The van der Waals surface area contributed by atoms with Crippen LogP contribution < -0.4 is 5.32 Å². The van der Waals surface area contributed by atoms with E-state index in [1.165, 1.54) is 148 Å². The first-order valence-corrected chi connectivity index (χ1v) is 16.3. The van der Waals surface area contributed by atoms with Gasteiger partial charge in [0, 0.05) is 13.5 Å². The largest absolute Gasteiger partial charge is 0.359 e. The quantitative estimate of drug-likeness (QED) is 0.115. The number of unbranched alkanes of at least 4 members (excludes halogenated alkanes) is 16. The fraction of sp³-hybridized carbons (Fsp3) is 0.971. The van der Waals surface area contributed by atoms with Gasteiger partial charge in [-0.3, -0.25) is 4.79 Å². The molecule has 0 fully saturated rings. The molecule has 0 aromatic heterocycles. The SMILES string of the molecule is C.CC.CCCCCCCCCC(C)CCCCCCCC(CCCCCCCCC)CC(=O)NC. The average molecular weight is 512 g/mol. The van der Waals surface area contributed by atoms with Gasteiger partial charge in [0.15, 0.2) is 0 Å². The van der Waals surface area contributed by atoms with E-state index in [1.54, 1.807) is 7.05 Å². The monoisotopic (exact) mass is 512 g/mol. The Hall–Kier alpha value is -0.530. The average Bonchev–Trinajstić information content (AvgIpc) is 2.87. The molecule has 0 heterocycles. The summed E-state index contributed by atoms with van der Waals surface area (Å²) in [5.41, 5.74) is 0. The lowest BCUT2D eigenvalue weighted by Gasteiger charge is -2.16. The fourth-order valence-corrected chi connectivity index (χ4v) is 5.15. The highest BCUT2D eigenvalue weighted by Gasteiger charge is 2.13. The smallest absolute Gasteiger partial charge is 0.220 e. The standard InChI is InChI=1S/C31H63NO.C2H6.CH4/c1-5-7-9-11-13-16-20-24-29(3)25-21-17-15-19-23-27-30(28-31(33)32-4)26-22-18-14-12-10-8-6-2;1-2;/h29-30H,5-28H2,1-4H3,(H,32,33);1-2H3;1H4. The van der Waals surface area contributed by atoms with Crippen molar-refractivity contribution in [3.8, 4) is 0 Å². The Morgan fingerprint density at radius 3 is 1.19 bits per heavy atom.